The van der Waals surface area contributed by atoms with Crippen LogP contribution in [0.15, 0.2) is 54.7 Å². The summed E-state index contributed by atoms with van der Waals surface area (Å²) in [5, 5.41) is 8.59. The quantitative estimate of drug-likeness (QED) is 0.727. The van der Waals surface area contributed by atoms with Crippen LogP contribution in [0.4, 0.5) is 0 Å². The third-order valence-corrected chi connectivity index (χ3v) is 5.02. The first-order valence-electron chi connectivity index (χ1n) is 8.95. The summed E-state index contributed by atoms with van der Waals surface area (Å²) < 4.78 is 1.90. The second kappa shape index (κ2) is 6.75. The molecule has 0 N–H and O–H groups in total. The van der Waals surface area contributed by atoms with Gasteiger partial charge in [-0.25, -0.2) is 4.68 Å². The van der Waals surface area contributed by atoms with Gasteiger partial charge in [-0.05, 0) is 31.9 Å². The van der Waals surface area contributed by atoms with Crippen molar-refractivity contribution in [2.24, 2.45) is 0 Å². The van der Waals surface area contributed by atoms with E-state index in [1.165, 1.54) is 5.56 Å². The summed E-state index contributed by atoms with van der Waals surface area (Å²) in [7, 11) is 0. The Morgan fingerprint density at radius 2 is 1.92 bits per heavy atom. The van der Waals surface area contributed by atoms with Crippen molar-refractivity contribution in [3.05, 3.63) is 71.4 Å². The highest BCUT2D eigenvalue weighted by Crippen LogP contribution is 2.25. The second-order valence-corrected chi connectivity index (χ2v) is 6.96. The highest BCUT2D eigenvalue weighted by atomic mass is 16.2. The van der Waals surface area contributed by atoms with Crippen molar-refractivity contribution < 1.29 is 4.79 Å². The Labute approximate surface area is 153 Å². The van der Waals surface area contributed by atoms with Crippen molar-refractivity contribution in [2.45, 2.75) is 26.3 Å². The zero-order chi connectivity index (χ0) is 18.1. The van der Waals surface area contributed by atoms with Crippen molar-refractivity contribution in [1.29, 1.82) is 0 Å². The standard InChI is InChI=1S/C21H22N4O/c1-15-8-9-19(16(2)12-15)21(26)24-11-10-18(13-24)25-14-20(22-23-25)17-6-4-3-5-7-17/h3-9,12,14,18H,10-11,13H2,1-2H3/t18-/m0/s1. The molecule has 0 radical (unpaired) electrons. The van der Waals surface area contributed by atoms with Gasteiger partial charge in [-0.3, -0.25) is 4.79 Å². The molecule has 0 spiro atoms. The number of rotatable bonds is 3. The number of carbonyl (C=O) groups is 1. The van der Waals surface area contributed by atoms with Crippen LogP contribution in [0.25, 0.3) is 11.3 Å². The predicted octanol–water partition coefficient (Wildman–Crippen LogP) is 3.65. The van der Waals surface area contributed by atoms with Gasteiger partial charge in [-0.15, -0.1) is 5.10 Å². The molecule has 3 aromatic rings. The fraction of sp³-hybridized carbons (Fsp3) is 0.286. The van der Waals surface area contributed by atoms with Crippen molar-refractivity contribution in [2.75, 3.05) is 13.1 Å². The molecule has 26 heavy (non-hydrogen) atoms. The molecule has 0 aliphatic carbocycles. The summed E-state index contributed by atoms with van der Waals surface area (Å²) in [5.74, 6) is 0.105. The average Bonchev–Trinajstić information content (AvgIpc) is 3.31. The Balaban J connectivity index is 1.49. The first kappa shape index (κ1) is 16.5. The fourth-order valence-corrected chi connectivity index (χ4v) is 3.56. The van der Waals surface area contributed by atoms with Gasteiger partial charge in [-0.1, -0.05) is 53.2 Å². The molecule has 1 atom stereocenters. The lowest BCUT2D eigenvalue weighted by Crippen LogP contribution is -2.29. The summed E-state index contributed by atoms with van der Waals surface area (Å²) in [6, 6.07) is 16.2. The molecular formula is C21H22N4O. The summed E-state index contributed by atoms with van der Waals surface area (Å²) in [5.41, 5.74) is 4.92. The summed E-state index contributed by atoms with van der Waals surface area (Å²) in [6.07, 6.45) is 2.87. The number of likely N-dealkylation sites (tertiary alicyclic amines) is 1. The lowest BCUT2D eigenvalue weighted by Gasteiger charge is -2.18. The molecule has 132 valence electrons. The van der Waals surface area contributed by atoms with Crippen molar-refractivity contribution in [1.82, 2.24) is 19.9 Å². The zero-order valence-electron chi connectivity index (χ0n) is 15.1. The average molecular weight is 346 g/mol. The van der Waals surface area contributed by atoms with Gasteiger partial charge >= 0.3 is 0 Å². The molecule has 1 fully saturated rings. The molecule has 0 bridgehead atoms. The summed E-state index contributed by atoms with van der Waals surface area (Å²) in [4.78, 5) is 14.8. The Hall–Kier alpha value is -2.95. The van der Waals surface area contributed by atoms with Gasteiger partial charge in [-0.2, -0.15) is 0 Å². The van der Waals surface area contributed by atoms with E-state index in [9.17, 15) is 4.79 Å². The number of nitrogens with zero attached hydrogens (tertiary/aromatic N) is 4. The highest BCUT2D eigenvalue weighted by Gasteiger charge is 2.29. The SMILES string of the molecule is Cc1ccc(C(=O)N2CC[C@H](n3cc(-c4ccccc4)nn3)C2)c(C)c1. The van der Waals surface area contributed by atoms with E-state index in [4.69, 9.17) is 0 Å². The Kier molecular flexibility index (Phi) is 4.29. The molecular weight excluding hydrogens is 324 g/mol. The number of amides is 1. The number of hydrogen-bond acceptors (Lipinski definition) is 3. The molecule has 2 heterocycles. The number of aromatic nitrogens is 3. The van der Waals surface area contributed by atoms with Gasteiger partial charge in [0.1, 0.15) is 5.69 Å². The number of hydrogen-bond donors (Lipinski definition) is 0. The van der Waals surface area contributed by atoms with E-state index in [1.54, 1.807) is 0 Å². The van der Waals surface area contributed by atoms with Crippen molar-refractivity contribution in [3.63, 3.8) is 0 Å². The number of benzene rings is 2. The maximum Gasteiger partial charge on any atom is 0.254 e. The fourth-order valence-electron chi connectivity index (χ4n) is 3.56. The molecule has 0 unspecified atom stereocenters. The van der Waals surface area contributed by atoms with Gasteiger partial charge in [0, 0.05) is 24.2 Å². The summed E-state index contributed by atoms with van der Waals surface area (Å²) >= 11 is 0. The van der Waals surface area contributed by atoms with Gasteiger partial charge in [0.15, 0.2) is 0 Å². The smallest absolute Gasteiger partial charge is 0.254 e. The van der Waals surface area contributed by atoms with Crippen LogP contribution in [-0.2, 0) is 0 Å². The van der Waals surface area contributed by atoms with Gasteiger partial charge in [0.2, 0.25) is 0 Å². The van der Waals surface area contributed by atoms with Crippen LogP contribution >= 0.6 is 0 Å². The van der Waals surface area contributed by atoms with Gasteiger partial charge in [0.25, 0.3) is 5.91 Å². The normalized spacial score (nSPS) is 16.8. The largest absolute Gasteiger partial charge is 0.336 e. The highest BCUT2D eigenvalue weighted by molar-refractivity contribution is 5.95. The van der Waals surface area contributed by atoms with Crippen LogP contribution in [0, 0.1) is 13.8 Å². The van der Waals surface area contributed by atoms with E-state index in [-0.39, 0.29) is 11.9 Å². The van der Waals surface area contributed by atoms with Crippen LogP contribution in [-0.4, -0.2) is 38.9 Å². The second-order valence-electron chi connectivity index (χ2n) is 6.96. The maximum absolute atomic E-state index is 12.9. The molecule has 1 aliphatic rings. The first-order chi connectivity index (χ1) is 12.6. The molecule has 1 amide bonds. The topological polar surface area (TPSA) is 51.0 Å². The van der Waals surface area contributed by atoms with Gasteiger partial charge < -0.3 is 4.90 Å². The van der Waals surface area contributed by atoms with Crippen LogP contribution in [0.5, 0.6) is 0 Å². The van der Waals surface area contributed by atoms with Crippen LogP contribution < -0.4 is 0 Å². The molecule has 1 saturated heterocycles. The molecule has 5 nitrogen and oxygen atoms in total. The lowest BCUT2D eigenvalue weighted by molar-refractivity contribution is 0.0786. The van der Waals surface area contributed by atoms with Crippen molar-refractivity contribution in [3.8, 4) is 11.3 Å². The third-order valence-electron chi connectivity index (χ3n) is 5.02. The minimum absolute atomic E-state index is 0.105. The van der Waals surface area contributed by atoms with E-state index in [0.717, 1.165) is 35.3 Å². The van der Waals surface area contributed by atoms with Crippen molar-refractivity contribution >= 4 is 5.91 Å². The molecule has 4 rings (SSSR count). The zero-order valence-corrected chi connectivity index (χ0v) is 15.1. The summed E-state index contributed by atoms with van der Waals surface area (Å²) in [6.45, 7) is 5.46. The maximum atomic E-state index is 12.9. The Morgan fingerprint density at radius 1 is 1.12 bits per heavy atom. The minimum atomic E-state index is 0.105. The lowest BCUT2D eigenvalue weighted by atomic mass is 10.0. The van der Waals surface area contributed by atoms with E-state index in [0.29, 0.717) is 6.54 Å². The third kappa shape index (κ3) is 3.12. The van der Waals surface area contributed by atoms with Gasteiger partial charge in [0.05, 0.1) is 12.2 Å². The first-order valence-corrected chi connectivity index (χ1v) is 8.95. The Bertz CT molecular complexity index is 932. The van der Waals surface area contributed by atoms with E-state index >= 15 is 0 Å². The molecule has 5 heteroatoms. The molecule has 2 aromatic carbocycles. The molecule has 1 aliphatic heterocycles. The van der Waals surface area contributed by atoms with Crippen LogP contribution in [0.3, 0.4) is 0 Å². The predicted molar refractivity (Wildman–Crippen MR) is 101 cm³/mol. The van der Waals surface area contributed by atoms with E-state index < -0.39 is 0 Å². The van der Waals surface area contributed by atoms with E-state index in [1.807, 2.05) is 72.1 Å². The monoisotopic (exact) mass is 346 g/mol. The minimum Gasteiger partial charge on any atom is -0.336 e. The van der Waals surface area contributed by atoms with E-state index in [2.05, 4.69) is 16.4 Å². The molecule has 0 saturated carbocycles. The Morgan fingerprint density at radius 3 is 2.69 bits per heavy atom. The van der Waals surface area contributed by atoms with Crippen LogP contribution in [0.1, 0.15) is 33.9 Å². The number of carbonyl (C=O) groups excluding carboxylic acids is 1. The van der Waals surface area contributed by atoms with Crippen LogP contribution in [0.2, 0.25) is 0 Å². The number of aryl methyl sites for hydroxylation is 2. The molecule has 1 aromatic heterocycles.